The summed E-state index contributed by atoms with van der Waals surface area (Å²) in [6.45, 7) is 0.518. The van der Waals surface area contributed by atoms with Crippen molar-refractivity contribution in [3.05, 3.63) is 47.0 Å². The van der Waals surface area contributed by atoms with Gasteiger partial charge in [-0.05, 0) is 24.3 Å². The molecule has 1 unspecified atom stereocenters. The SMILES string of the molecule is COc1cc(NC2COc3cc(O)ccc32)ccc1Cl. The Morgan fingerprint density at radius 3 is 2.95 bits per heavy atom. The zero-order chi connectivity index (χ0) is 14.1. The average molecular weight is 292 g/mol. The molecule has 0 aromatic heterocycles. The van der Waals surface area contributed by atoms with Crippen LogP contribution in [0.15, 0.2) is 36.4 Å². The molecule has 1 aliphatic rings. The Kier molecular flexibility index (Phi) is 3.32. The van der Waals surface area contributed by atoms with E-state index >= 15 is 0 Å². The van der Waals surface area contributed by atoms with Gasteiger partial charge in [-0.2, -0.15) is 0 Å². The van der Waals surface area contributed by atoms with Gasteiger partial charge < -0.3 is 19.9 Å². The number of benzene rings is 2. The predicted molar refractivity (Wildman–Crippen MR) is 78.0 cm³/mol. The number of ether oxygens (including phenoxy) is 2. The van der Waals surface area contributed by atoms with E-state index in [-0.39, 0.29) is 11.8 Å². The number of halogens is 1. The summed E-state index contributed by atoms with van der Waals surface area (Å²) in [7, 11) is 1.59. The first kappa shape index (κ1) is 12.9. The number of methoxy groups -OCH3 is 1. The van der Waals surface area contributed by atoms with E-state index in [1.165, 1.54) is 0 Å². The maximum atomic E-state index is 9.44. The Labute approximate surface area is 121 Å². The van der Waals surface area contributed by atoms with Crippen LogP contribution in [-0.4, -0.2) is 18.8 Å². The molecule has 0 spiro atoms. The molecule has 0 bridgehead atoms. The minimum absolute atomic E-state index is 0.0384. The van der Waals surface area contributed by atoms with Gasteiger partial charge in [-0.3, -0.25) is 0 Å². The Bertz CT molecular complexity index is 645. The van der Waals surface area contributed by atoms with Crippen LogP contribution in [0.5, 0.6) is 17.2 Å². The largest absolute Gasteiger partial charge is 0.508 e. The van der Waals surface area contributed by atoms with E-state index in [0.717, 1.165) is 11.3 Å². The lowest BCUT2D eigenvalue weighted by atomic mass is 10.1. The molecule has 20 heavy (non-hydrogen) atoms. The molecule has 0 amide bonds. The third kappa shape index (κ3) is 2.34. The molecule has 0 radical (unpaired) electrons. The molecule has 2 aromatic carbocycles. The molecule has 5 heteroatoms. The predicted octanol–water partition coefficient (Wildman–Crippen LogP) is 3.60. The molecular weight excluding hydrogens is 278 g/mol. The van der Waals surface area contributed by atoms with Gasteiger partial charge in [-0.1, -0.05) is 11.6 Å². The number of rotatable bonds is 3. The zero-order valence-corrected chi connectivity index (χ0v) is 11.6. The van der Waals surface area contributed by atoms with Crippen molar-refractivity contribution >= 4 is 17.3 Å². The molecule has 0 aliphatic carbocycles. The third-order valence-corrected chi connectivity index (χ3v) is 3.58. The van der Waals surface area contributed by atoms with E-state index in [4.69, 9.17) is 21.1 Å². The quantitative estimate of drug-likeness (QED) is 0.907. The van der Waals surface area contributed by atoms with Crippen molar-refractivity contribution in [2.45, 2.75) is 6.04 Å². The first-order chi connectivity index (χ1) is 9.67. The van der Waals surface area contributed by atoms with E-state index in [9.17, 15) is 5.11 Å². The van der Waals surface area contributed by atoms with Gasteiger partial charge in [0.1, 0.15) is 23.9 Å². The fraction of sp³-hybridized carbons (Fsp3) is 0.200. The van der Waals surface area contributed by atoms with Crippen molar-refractivity contribution < 1.29 is 14.6 Å². The highest BCUT2D eigenvalue weighted by atomic mass is 35.5. The Balaban J connectivity index is 1.84. The van der Waals surface area contributed by atoms with Crippen LogP contribution in [0.3, 0.4) is 0 Å². The third-order valence-electron chi connectivity index (χ3n) is 3.27. The van der Waals surface area contributed by atoms with Crippen LogP contribution in [-0.2, 0) is 0 Å². The van der Waals surface area contributed by atoms with Gasteiger partial charge >= 0.3 is 0 Å². The number of fused-ring (bicyclic) bond motifs is 1. The summed E-state index contributed by atoms with van der Waals surface area (Å²) in [5, 5.41) is 13.4. The molecule has 104 valence electrons. The smallest absolute Gasteiger partial charge is 0.139 e. The average Bonchev–Trinajstić information content (AvgIpc) is 2.83. The van der Waals surface area contributed by atoms with Crippen LogP contribution in [0.2, 0.25) is 5.02 Å². The molecule has 0 fully saturated rings. The monoisotopic (exact) mass is 291 g/mol. The van der Waals surface area contributed by atoms with Gasteiger partial charge in [0.25, 0.3) is 0 Å². The standard InChI is InChI=1S/C15H14ClNO3/c1-19-15-6-9(2-5-12(15)16)17-13-8-20-14-7-10(18)3-4-11(13)14/h2-7,13,17-18H,8H2,1H3. The number of aromatic hydroxyl groups is 1. The number of anilines is 1. The van der Waals surface area contributed by atoms with Crippen molar-refractivity contribution in [2.75, 3.05) is 19.0 Å². The maximum absolute atomic E-state index is 9.44. The van der Waals surface area contributed by atoms with Crippen molar-refractivity contribution in [3.8, 4) is 17.2 Å². The maximum Gasteiger partial charge on any atom is 0.139 e. The summed E-state index contributed by atoms with van der Waals surface area (Å²) in [5.41, 5.74) is 1.93. The van der Waals surface area contributed by atoms with Crippen molar-refractivity contribution in [1.82, 2.24) is 0 Å². The van der Waals surface area contributed by atoms with Crippen LogP contribution in [0, 0.1) is 0 Å². The van der Waals surface area contributed by atoms with Crippen LogP contribution in [0.4, 0.5) is 5.69 Å². The highest BCUT2D eigenvalue weighted by molar-refractivity contribution is 6.32. The van der Waals surface area contributed by atoms with Gasteiger partial charge in [0.15, 0.2) is 0 Å². The normalized spacial score (nSPS) is 16.4. The van der Waals surface area contributed by atoms with Crippen molar-refractivity contribution in [3.63, 3.8) is 0 Å². The van der Waals surface area contributed by atoms with E-state index in [2.05, 4.69) is 5.32 Å². The topological polar surface area (TPSA) is 50.7 Å². The molecule has 1 heterocycles. The first-order valence-electron chi connectivity index (χ1n) is 6.23. The number of phenolic OH excluding ortho intramolecular Hbond substituents is 1. The fourth-order valence-corrected chi connectivity index (χ4v) is 2.46. The Hall–Kier alpha value is -2.07. The van der Waals surface area contributed by atoms with Gasteiger partial charge in [0.05, 0.1) is 18.2 Å². The summed E-state index contributed by atoms with van der Waals surface area (Å²) in [5.74, 6) is 1.54. The highest BCUT2D eigenvalue weighted by Gasteiger charge is 2.24. The summed E-state index contributed by atoms with van der Waals surface area (Å²) < 4.78 is 10.8. The lowest BCUT2D eigenvalue weighted by Crippen LogP contribution is -2.11. The molecule has 1 atom stereocenters. The van der Waals surface area contributed by atoms with Crippen LogP contribution < -0.4 is 14.8 Å². The second kappa shape index (κ2) is 5.13. The number of hydrogen-bond acceptors (Lipinski definition) is 4. The number of hydrogen-bond donors (Lipinski definition) is 2. The van der Waals surface area contributed by atoms with Crippen molar-refractivity contribution in [2.24, 2.45) is 0 Å². The molecule has 2 aromatic rings. The highest BCUT2D eigenvalue weighted by Crippen LogP contribution is 2.37. The second-order valence-corrected chi connectivity index (χ2v) is 4.99. The summed E-state index contributed by atoms with van der Waals surface area (Å²) in [6, 6.07) is 10.7. The van der Waals surface area contributed by atoms with Gasteiger partial charge in [0.2, 0.25) is 0 Å². The Morgan fingerprint density at radius 1 is 1.30 bits per heavy atom. The lowest BCUT2D eigenvalue weighted by molar-refractivity contribution is 0.338. The lowest BCUT2D eigenvalue weighted by Gasteiger charge is -2.14. The van der Waals surface area contributed by atoms with E-state index in [1.807, 2.05) is 18.2 Å². The summed E-state index contributed by atoms with van der Waals surface area (Å²) in [4.78, 5) is 0. The minimum Gasteiger partial charge on any atom is -0.508 e. The number of nitrogens with one attached hydrogen (secondary N) is 1. The van der Waals surface area contributed by atoms with E-state index in [1.54, 1.807) is 25.3 Å². The fourth-order valence-electron chi connectivity index (χ4n) is 2.27. The van der Waals surface area contributed by atoms with Crippen LogP contribution >= 0.6 is 11.6 Å². The molecule has 2 N–H and O–H groups in total. The van der Waals surface area contributed by atoms with Crippen molar-refractivity contribution in [1.29, 1.82) is 0 Å². The summed E-state index contributed by atoms with van der Waals surface area (Å²) >= 11 is 6.01. The molecule has 3 rings (SSSR count). The molecule has 4 nitrogen and oxygen atoms in total. The van der Waals surface area contributed by atoms with Gasteiger partial charge in [-0.25, -0.2) is 0 Å². The summed E-state index contributed by atoms with van der Waals surface area (Å²) in [6.07, 6.45) is 0. The van der Waals surface area contributed by atoms with E-state index < -0.39 is 0 Å². The Morgan fingerprint density at radius 2 is 2.15 bits per heavy atom. The molecule has 1 aliphatic heterocycles. The van der Waals surface area contributed by atoms with Crippen LogP contribution in [0.1, 0.15) is 11.6 Å². The molecular formula is C15H14ClNO3. The van der Waals surface area contributed by atoms with Gasteiger partial charge in [0, 0.05) is 23.4 Å². The van der Waals surface area contributed by atoms with Gasteiger partial charge in [-0.15, -0.1) is 0 Å². The zero-order valence-electron chi connectivity index (χ0n) is 10.9. The molecule has 0 saturated heterocycles. The second-order valence-electron chi connectivity index (χ2n) is 4.58. The molecule has 0 saturated carbocycles. The first-order valence-corrected chi connectivity index (χ1v) is 6.61. The van der Waals surface area contributed by atoms with E-state index in [0.29, 0.717) is 23.1 Å². The number of phenols is 1. The minimum atomic E-state index is 0.0384. The van der Waals surface area contributed by atoms with Crippen LogP contribution in [0.25, 0.3) is 0 Å².